The van der Waals surface area contributed by atoms with Gasteiger partial charge in [-0.2, -0.15) is 0 Å². The first-order valence-electron chi connectivity index (χ1n) is 7.39. The maximum Gasteiger partial charge on any atom is 0.250 e. The van der Waals surface area contributed by atoms with E-state index in [1.165, 1.54) is 12.0 Å². The second-order valence-electron chi connectivity index (χ2n) is 5.57. The van der Waals surface area contributed by atoms with Crippen LogP contribution in [0.25, 0.3) is 0 Å². The molecule has 2 atom stereocenters. The van der Waals surface area contributed by atoms with Gasteiger partial charge in [0.25, 0.3) is 0 Å². The van der Waals surface area contributed by atoms with Crippen molar-refractivity contribution in [2.75, 3.05) is 11.9 Å². The number of anilines is 1. The minimum absolute atomic E-state index is 0.0151. The normalized spacial score (nSPS) is 23.1. The molecule has 0 bridgehead atoms. The topological polar surface area (TPSA) is 64.3 Å². The Kier molecular flexibility index (Phi) is 5.56. The van der Waals surface area contributed by atoms with E-state index >= 15 is 0 Å². The molecule has 20 heavy (non-hydrogen) atoms. The van der Waals surface area contributed by atoms with Crippen molar-refractivity contribution in [1.82, 2.24) is 0 Å². The zero-order valence-electron chi connectivity index (χ0n) is 12.1. The van der Waals surface area contributed by atoms with Crippen LogP contribution in [0.15, 0.2) is 24.3 Å². The summed E-state index contributed by atoms with van der Waals surface area (Å²) in [7, 11) is 0. The van der Waals surface area contributed by atoms with Gasteiger partial charge in [-0.05, 0) is 31.9 Å². The van der Waals surface area contributed by atoms with E-state index in [0.29, 0.717) is 0 Å². The van der Waals surface area contributed by atoms with E-state index in [0.717, 1.165) is 31.4 Å². The van der Waals surface area contributed by atoms with Crippen LogP contribution in [0, 0.1) is 6.92 Å². The standard InChI is InChI=1S/C16H24N2O2/c1-12-7-9-13(10-8-12)18-16(19)11-20-15-6-4-2-3-5-14(15)17/h7-10,14-15H,2-6,11,17H2,1H3,(H,18,19). The summed E-state index contributed by atoms with van der Waals surface area (Å²) in [6.45, 7) is 2.09. The summed E-state index contributed by atoms with van der Waals surface area (Å²) in [6, 6.07) is 7.79. The molecule has 3 N–H and O–H groups in total. The Morgan fingerprint density at radius 2 is 1.95 bits per heavy atom. The second-order valence-corrected chi connectivity index (χ2v) is 5.57. The Morgan fingerprint density at radius 1 is 1.25 bits per heavy atom. The Hall–Kier alpha value is -1.39. The van der Waals surface area contributed by atoms with Crippen molar-refractivity contribution in [1.29, 1.82) is 0 Å². The van der Waals surface area contributed by atoms with Crippen LogP contribution in [0.3, 0.4) is 0 Å². The van der Waals surface area contributed by atoms with Gasteiger partial charge in [-0.15, -0.1) is 0 Å². The lowest BCUT2D eigenvalue weighted by atomic mass is 10.1. The van der Waals surface area contributed by atoms with Gasteiger partial charge >= 0.3 is 0 Å². The summed E-state index contributed by atoms with van der Waals surface area (Å²) in [4.78, 5) is 11.9. The van der Waals surface area contributed by atoms with Crippen LogP contribution in [0.1, 0.15) is 37.7 Å². The molecule has 0 heterocycles. The maximum absolute atomic E-state index is 11.9. The molecular weight excluding hydrogens is 252 g/mol. The second kappa shape index (κ2) is 7.41. The van der Waals surface area contributed by atoms with Crippen molar-refractivity contribution in [3.05, 3.63) is 29.8 Å². The third-order valence-electron chi connectivity index (χ3n) is 3.77. The Balaban J connectivity index is 1.78. The monoisotopic (exact) mass is 276 g/mol. The van der Waals surface area contributed by atoms with Crippen molar-refractivity contribution in [2.24, 2.45) is 5.73 Å². The summed E-state index contributed by atoms with van der Waals surface area (Å²) >= 11 is 0. The number of hydrogen-bond acceptors (Lipinski definition) is 3. The first-order chi connectivity index (χ1) is 9.65. The lowest BCUT2D eigenvalue weighted by molar-refractivity contribution is -0.123. The van der Waals surface area contributed by atoms with E-state index in [9.17, 15) is 4.79 Å². The molecule has 1 aromatic carbocycles. The van der Waals surface area contributed by atoms with Crippen molar-refractivity contribution in [3.8, 4) is 0 Å². The van der Waals surface area contributed by atoms with Crippen LogP contribution >= 0.6 is 0 Å². The van der Waals surface area contributed by atoms with Gasteiger partial charge in [-0.1, -0.05) is 37.0 Å². The summed E-state index contributed by atoms with van der Waals surface area (Å²) < 4.78 is 5.70. The zero-order chi connectivity index (χ0) is 14.4. The average Bonchev–Trinajstić information content (AvgIpc) is 2.64. The maximum atomic E-state index is 11.9. The van der Waals surface area contributed by atoms with E-state index in [1.807, 2.05) is 31.2 Å². The molecule has 1 aromatic rings. The number of aryl methyl sites for hydroxylation is 1. The predicted octanol–water partition coefficient (Wildman–Crippen LogP) is 2.61. The Morgan fingerprint density at radius 3 is 2.70 bits per heavy atom. The molecule has 1 aliphatic carbocycles. The SMILES string of the molecule is Cc1ccc(NC(=O)COC2CCCCCC2N)cc1. The largest absolute Gasteiger partial charge is 0.367 e. The molecule has 0 spiro atoms. The molecule has 0 aliphatic heterocycles. The predicted molar refractivity (Wildman–Crippen MR) is 80.6 cm³/mol. The Labute approximate surface area is 120 Å². The van der Waals surface area contributed by atoms with Crippen LogP contribution < -0.4 is 11.1 Å². The highest BCUT2D eigenvalue weighted by Gasteiger charge is 2.21. The molecule has 4 heteroatoms. The van der Waals surface area contributed by atoms with Crippen LogP contribution in [0.4, 0.5) is 5.69 Å². The summed E-state index contributed by atoms with van der Waals surface area (Å²) in [5.74, 6) is -0.120. The zero-order valence-corrected chi connectivity index (χ0v) is 12.1. The fourth-order valence-corrected chi connectivity index (χ4v) is 2.53. The minimum atomic E-state index is -0.120. The Bertz CT molecular complexity index is 431. The molecule has 1 fully saturated rings. The third-order valence-corrected chi connectivity index (χ3v) is 3.77. The van der Waals surface area contributed by atoms with E-state index < -0.39 is 0 Å². The highest BCUT2D eigenvalue weighted by Crippen LogP contribution is 2.19. The van der Waals surface area contributed by atoms with Crippen LogP contribution in [0.5, 0.6) is 0 Å². The summed E-state index contributed by atoms with van der Waals surface area (Å²) in [5, 5.41) is 2.83. The van der Waals surface area contributed by atoms with Gasteiger partial charge in [-0.3, -0.25) is 4.79 Å². The molecule has 1 aliphatic rings. The van der Waals surface area contributed by atoms with Crippen molar-refractivity contribution in [3.63, 3.8) is 0 Å². The molecule has 0 radical (unpaired) electrons. The highest BCUT2D eigenvalue weighted by molar-refractivity contribution is 5.91. The van der Waals surface area contributed by atoms with Crippen LogP contribution in [-0.4, -0.2) is 24.7 Å². The fraction of sp³-hybridized carbons (Fsp3) is 0.562. The summed E-state index contributed by atoms with van der Waals surface area (Å²) in [6.07, 6.45) is 5.47. The van der Waals surface area contributed by atoms with Gasteiger partial charge in [0.2, 0.25) is 5.91 Å². The smallest absolute Gasteiger partial charge is 0.250 e. The number of hydrogen-bond donors (Lipinski definition) is 2. The lowest BCUT2D eigenvalue weighted by Crippen LogP contribution is -2.37. The first kappa shape index (κ1) is 15.0. The molecule has 4 nitrogen and oxygen atoms in total. The molecule has 110 valence electrons. The summed E-state index contributed by atoms with van der Waals surface area (Å²) in [5.41, 5.74) is 8.05. The van der Waals surface area contributed by atoms with Crippen molar-refractivity contribution < 1.29 is 9.53 Å². The molecule has 1 amide bonds. The minimum Gasteiger partial charge on any atom is -0.367 e. The van der Waals surface area contributed by atoms with E-state index in [-0.39, 0.29) is 24.7 Å². The van der Waals surface area contributed by atoms with Gasteiger partial charge < -0.3 is 15.8 Å². The lowest BCUT2D eigenvalue weighted by Gasteiger charge is -2.21. The van der Waals surface area contributed by atoms with Crippen LogP contribution in [0.2, 0.25) is 0 Å². The van der Waals surface area contributed by atoms with E-state index in [4.69, 9.17) is 10.5 Å². The highest BCUT2D eigenvalue weighted by atomic mass is 16.5. The molecule has 1 saturated carbocycles. The number of ether oxygens (including phenoxy) is 1. The van der Waals surface area contributed by atoms with E-state index in [2.05, 4.69) is 5.32 Å². The van der Waals surface area contributed by atoms with Crippen molar-refractivity contribution in [2.45, 2.75) is 51.2 Å². The average molecular weight is 276 g/mol. The van der Waals surface area contributed by atoms with Gasteiger partial charge in [0.05, 0.1) is 6.10 Å². The number of rotatable bonds is 4. The molecular formula is C16H24N2O2. The number of benzene rings is 1. The molecule has 0 saturated heterocycles. The third kappa shape index (κ3) is 4.62. The number of nitrogens with two attached hydrogens (primary N) is 1. The first-order valence-corrected chi connectivity index (χ1v) is 7.39. The number of amides is 1. The van der Waals surface area contributed by atoms with Gasteiger partial charge in [0.1, 0.15) is 6.61 Å². The fourth-order valence-electron chi connectivity index (χ4n) is 2.53. The van der Waals surface area contributed by atoms with Gasteiger partial charge in [-0.25, -0.2) is 0 Å². The van der Waals surface area contributed by atoms with Gasteiger partial charge in [0, 0.05) is 11.7 Å². The van der Waals surface area contributed by atoms with Crippen molar-refractivity contribution >= 4 is 11.6 Å². The number of carbonyl (C=O) groups excluding carboxylic acids is 1. The molecule has 2 rings (SSSR count). The number of carbonyl (C=O) groups is 1. The van der Waals surface area contributed by atoms with Crippen LogP contribution in [-0.2, 0) is 9.53 Å². The van der Waals surface area contributed by atoms with E-state index in [1.54, 1.807) is 0 Å². The molecule has 2 unspecified atom stereocenters. The van der Waals surface area contributed by atoms with Gasteiger partial charge in [0.15, 0.2) is 0 Å². The quantitative estimate of drug-likeness (QED) is 0.831. The molecule has 0 aromatic heterocycles. The number of nitrogens with one attached hydrogen (secondary N) is 1.